The zero-order chi connectivity index (χ0) is 21.1. The van der Waals surface area contributed by atoms with E-state index in [2.05, 4.69) is 17.2 Å². The number of benzene rings is 1. The first-order valence-corrected chi connectivity index (χ1v) is 9.68. The largest absolute Gasteiger partial charge is 0.379 e. The van der Waals surface area contributed by atoms with Crippen molar-refractivity contribution >= 4 is 17.8 Å². The number of halogens is 2. The Morgan fingerprint density at radius 2 is 2.10 bits per heavy atom. The maximum absolute atomic E-state index is 13.3. The molecule has 8 heteroatoms. The van der Waals surface area contributed by atoms with Gasteiger partial charge >= 0.3 is 0 Å². The monoisotopic (exact) mass is 406 g/mol. The Morgan fingerprint density at radius 1 is 1.34 bits per heavy atom. The number of piperazine rings is 1. The molecule has 1 amide bonds. The van der Waals surface area contributed by atoms with Crippen LogP contribution >= 0.6 is 0 Å². The van der Waals surface area contributed by atoms with Gasteiger partial charge in [-0.1, -0.05) is 6.08 Å². The molecule has 2 rings (SSSR count). The third-order valence-electron chi connectivity index (χ3n) is 4.50. The Labute approximate surface area is 170 Å². The molecule has 1 saturated heterocycles. The molecule has 0 aromatic heterocycles. The molecule has 1 aromatic carbocycles. The summed E-state index contributed by atoms with van der Waals surface area (Å²) in [6, 6.07) is 2.78. The van der Waals surface area contributed by atoms with Crippen molar-refractivity contribution < 1.29 is 18.3 Å². The Hall–Kier alpha value is -2.58. The molecule has 1 unspecified atom stereocenters. The second kappa shape index (κ2) is 12.1. The first-order chi connectivity index (χ1) is 14.0. The van der Waals surface area contributed by atoms with Crippen LogP contribution in [-0.2, 0) is 9.53 Å². The fourth-order valence-corrected chi connectivity index (χ4v) is 3.11. The van der Waals surface area contributed by atoms with E-state index < -0.39 is 17.5 Å². The van der Waals surface area contributed by atoms with Gasteiger partial charge in [-0.15, -0.1) is 6.58 Å². The van der Waals surface area contributed by atoms with Crippen molar-refractivity contribution in [3.63, 3.8) is 0 Å². The van der Waals surface area contributed by atoms with Crippen molar-refractivity contribution in [3.8, 4) is 0 Å². The van der Waals surface area contributed by atoms with Gasteiger partial charge < -0.3 is 25.7 Å². The van der Waals surface area contributed by atoms with Gasteiger partial charge in [0, 0.05) is 50.3 Å². The molecule has 3 N–H and O–H groups in total. The van der Waals surface area contributed by atoms with E-state index in [0.717, 1.165) is 50.2 Å². The summed E-state index contributed by atoms with van der Waals surface area (Å²) in [5.41, 5.74) is 0.439. The molecular formula is C21H28F2N4O2. The average Bonchev–Trinajstić information content (AvgIpc) is 2.68. The van der Waals surface area contributed by atoms with Crippen LogP contribution in [0.25, 0.3) is 0 Å². The van der Waals surface area contributed by atoms with Crippen LogP contribution in [0.4, 0.5) is 14.5 Å². The van der Waals surface area contributed by atoms with Gasteiger partial charge in [-0.2, -0.15) is 0 Å². The van der Waals surface area contributed by atoms with E-state index in [0.29, 0.717) is 32.0 Å². The molecule has 6 nitrogen and oxygen atoms in total. The molecule has 0 radical (unpaired) electrons. The van der Waals surface area contributed by atoms with Crippen LogP contribution in [0.3, 0.4) is 0 Å². The highest BCUT2D eigenvalue weighted by Gasteiger charge is 2.24. The first kappa shape index (κ1) is 22.7. The minimum Gasteiger partial charge on any atom is -0.379 e. The SMILES string of the molecule is C=CCCCCOCC1CNCCN1/C(C=N)=C/C(=O)Nc1cc(F)cc(F)c1. The van der Waals surface area contributed by atoms with Gasteiger partial charge in [0.2, 0.25) is 0 Å². The van der Waals surface area contributed by atoms with Gasteiger partial charge in [-0.05, 0) is 31.4 Å². The number of rotatable bonds is 11. The van der Waals surface area contributed by atoms with Crippen molar-refractivity contribution in [1.29, 1.82) is 5.41 Å². The van der Waals surface area contributed by atoms with Crippen LogP contribution in [0.1, 0.15) is 19.3 Å². The van der Waals surface area contributed by atoms with Gasteiger partial charge in [0.05, 0.1) is 18.3 Å². The average molecular weight is 406 g/mol. The summed E-state index contributed by atoms with van der Waals surface area (Å²) in [5, 5.41) is 13.4. The molecule has 1 aliphatic rings. The van der Waals surface area contributed by atoms with Crippen LogP contribution in [0.15, 0.2) is 42.6 Å². The zero-order valence-electron chi connectivity index (χ0n) is 16.4. The number of hydrogen-bond donors (Lipinski definition) is 3. The van der Waals surface area contributed by atoms with Crippen LogP contribution in [-0.4, -0.2) is 55.9 Å². The van der Waals surface area contributed by atoms with E-state index in [9.17, 15) is 13.6 Å². The van der Waals surface area contributed by atoms with Crippen LogP contribution in [0.5, 0.6) is 0 Å². The van der Waals surface area contributed by atoms with Gasteiger partial charge in [0.25, 0.3) is 5.91 Å². The van der Waals surface area contributed by atoms with E-state index >= 15 is 0 Å². The molecule has 1 aliphatic heterocycles. The number of amides is 1. The molecule has 29 heavy (non-hydrogen) atoms. The minimum atomic E-state index is -0.774. The summed E-state index contributed by atoms with van der Waals surface area (Å²) >= 11 is 0. The van der Waals surface area contributed by atoms with E-state index in [1.165, 1.54) is 6.08 Å². The topological polar surface area (TPSA) is 77.5 Å². The predicted molar refractivity (Wildman–Crippen MR) is 110 cm³/mol. The maximum Gasteiger partial charge on any atom is 0.250 e. The van der Waals surface area contributed by atoms with Crippen LogP contribution in [0.2, 0.25) is 0 Å². The smallest absolute Gasteiger partial charge is 0.250 e. The third-order valence-corrected chi connectivity index (χ3v) is 4.50. The quantitative estimate of drug-likeness (QED) is 0.228. The number of nitrogens with zero attached hydrogens (tertiary/aromatic N) is 1. The number of anilines is 1. The van der Waals surface area contributed by atoms with E-state index in [1.807, 2.05) is 11.0 Å². The number of unbranched alkanes of at least 4 members (excludes halogenated alkanes) is 2. The van der Waals surface area contributed by atoms with Crippen molar-refractivity contribution in [2.24, 2.45) is 0 Å². The summed E-state index contributed by atoms with van der Waals surface area (Å²) in [6.07, 6.45) is 7.20. The molecular weight excluding hydrogens is 378 g/mol. The number of allylic oxidation sites excluding steroid dienone is 2. The number of hydrogen-bond acceptors (Lipinski definition) is 5. The van der Waals surface area contributed by atoms with Crippen molar-refractivity contribution in [2.75, 3.05) is 38.2 Å². The lowest BCUT2D eigenvalue weighted by Crippen LogP contribution is -2.53. The van der Waals surface area contributed by atoms with Gasteiger partial charge in [0.15, 0.2) is 0 Å². The van der Waals surface area contributed by atoms with Gasteiger partial charge in [-0.25, -0.2) is 8.78 Å². The summed E-state index contributed by atoms with van der Waals surface area (Å²) in [6.45, 7) is 6.83. The van der Waals surface area contributed by atoms with Crippen LogP contribution in [0, 0.1) is 17.0 Å². The molecule has 158 valence electrons. The zero-order valence-corrected chi connectivity index (χ0v) is 16.4. The molecule has 0 bridgehead atoms. The Morgan fingerprint density at radius 3 is 2.79 bits per heavy atom. The number of ether oxygens (including phenoxy) is 1. The number of nitrogens with one attached hydrogen (secondary N) is 3. The minimum absolute atomic E-state index is 0.0181. The summed E-state index contributed by atoms with van der Waals surface area (Å²) in [4.78, 5) is 14.2. The molecule has 1 fully saturated rings. The Bertz CT molecular complexity index is 719. The van der Waals surface area contributed by atoms with Crippen molar-refractivity contribution in [1.82, 2.24) is 10.2 Å². The lowest BCUT2D eigenvalue weighted by atomic mass is 10.1. The fraction of sp³-hybridized carbons (Fsp3) is 0.429. The second-order valence-corrected chi connectivity index (χ2v) is 6.77. The fourth-order valence-electron chi connectivity index (χ4n) is 3.11. The van der Waals surface area contributed by atoms with E-state index in [1.54, 1.807) is 0 Å². The summed E-state index contributed by atoms with van der Waals surface area (Å²) in [7, 11) is 0. The molecule has 1 heterocycles. The van der Waals surface area contributed by atoms with Gasteiger partial charge in [0.1, 0.15) is 11.6 Å². The summed E-state index contributed by atoms with van der Waals surface area (Å²) in [5.74, 6) is -2.11. The third kappa shape index (κ3) is 7.75. The molecule has 0 saturated carbocycles. The predicted octanol–water partition coefficient (Wildman–Crippen LogP) is 3.08. The molecule has 1 aromatic rings. The number of carbonyl (C=O) groups excluding carboxylic acids is 1. The molecule has 0 spiro atoms. The van der Waals surface area contributed by atoms with Crippen LogP contribution < -0.4 is 10.6 Å². The first-order valence-electron chi connectivity index (χ1n) is 9.68. The lowest BCUT2D eigenvalue weighted by Gasteiger charge is -2.38. The van der Waals surface area contributed by atoms with Gasteiger partial charge in [-0.3, -0.25) is 4.79 Å². The standard InChI is InChI=1S/C21H28F2N4O2/c1-2-3-4-5-8-29-15-20-14-25-6-7-27(20)19(13-24)12-21(28)26-18-10-16(22)9-17(23)11-18/h2,9-13,20,24-25H,1,3-8,14-15H2,(H,26,28)/b19-12+,24-13?. The second-order valence-electron chi connectivity index (χ2n) is 6.77. The van der Waals surface area contributed by atoms with E-state index in [-0.39, 0.29) is 11.7 Å². The normalized spacial score (nSPS) is 17.1. The Kier molecular flexibility index (Phi) is 9.46. The number of carbonyl (C=O) groups is 1. The Balaban J connectivity index is 1.97. The van der Waals surface area contributed by atoms with E-state index in [4.69, 9.17) is 10.1 Å². The lowest BCUT2D eigenvalue weighted by molar-refractivity contribution is -0.112. The highest BCUT2D eigenvalue weighted by Crippen LogP contribution is 2.15. The summed E-state index contributed by atoms with van der Waals surface area (Å²) < 4.78 is 32.3. The van der Waals surface area contributed by atoms with Crippen molar-refractivity contribution in [2.45, 2.75) is 25.3 Å². The highest BCUT2D eigenvalue weighted by atomic mass is 19.1. The molecule has 0 aliphatic carbocycles. The molecule has 1 atom stereocenters. The van der Waals surface area contributed by atoms with Crippen molar-refractivity contribution in [3.05, 3.63) is 54.3 Å². The highest BCUT2D eigenvalue weighted by molar-refractivity contribution is 6.02. The maximum atomic E-state index is 13.3.